The summed E-state index contributed by atoms with van der Waals surface area (Å²) < 4.78 is 24.6. The van der Waals surface area contributed by atoms with E-state index in [0.29, 0.717) is 13.1 Å². The Labute approximate surface area is 156 Å². The van der Waals surface area contributed by atoms with Gasteiger partial charge in [-0.1, -0.05) is 23.7 Å². The average molecular weight is 399 g/mol. The minimum absolute atomic E-state index is 0.0932. The van der Waals surface area contributed by atoms with Crippen LogP contribution in [0.2, 0.25) is 4.34 Å². The van der Waals surface area contributed by atoms with Crippen LogP contribution in [0.4, 0.5) is 0 Å². The van der Waals surface area contributed by atoms with Crippen molar-refractivity contribution in [2.75, 3.05) is 32.4 Å². The van der Waals surface area contributed by atoms with E-state index in [1.165, 1.54) is 10.9 Å². The van der Waals surface area contributed by atoms with Crippen molar-refractivity contribution < 1.29 is 13.2 Å². The highest BCUT2D eigenvalue weighted by molar-refractivity contribution is 7.90. The molecule has 3 rings (SSSR count). The minimum Gasteiger partial charge on any atom is -0.336 e. The lowest BCUT2D eigenvalue weighted by molar-refractivity contribution is 0.0626. The number of thiophene rings is 1. The fraction of sp³-hybridized carbons (Fsp3) is 0.353. The van der Waals surface area contributed by atoms with Gasteiger partial charge in [-0.05, 0) is 24.3 Å². The molecule has 0 unspecified atom stereocenters. The Morgan fingerprint density at radius 3 is 2.40 bits per heavy atom. The monoisotopic (exact) mass is 398 g/mol. The third kappa shape index (κ3) is 4.41. The van der Waals surface area contributed by atoms with Crippen molar-refractivity contribution in [2.45, 2.75) is 11.4 Å². The number of hydrogen-bond acceptors (Lipinski definition) is 5. The van der Waals surface area contributed by atoms with Crippen molar-refractivity contribution in [2.24, 2.45) is 0 Å². The summed E-state index contributed by atoms with van der Waals surface area (Å²) in [6, 6.07) is 10.3. The van der Waals surface area contributed by atoms with Gasteiger partial charge in [-0.15, -0.1) is 11.3 Å². The molecule has 1 fully saturated rings. The SMILES string of the molecule is CS(=O)(=O)c1ccccc1C(=O)N1CCN(Cc2ccc(Cl)s2)CC1. The van der Waals surface area contributed by atoms with Gasteiger partial charge in [-0.2, -0.15) is 0 Å². The van der Waals surface area contributed by atoms with E-state index in [9.17, 15) is 13.2 Å². The molecular formula is C17H19ClN2O3S2. The number of rotatable bonds is 4. The number of amides is 1. The van der Waals surface area contributed by atoms with Crippen LogP contribution in [-0.4, -0.2) is 56.6 Å². The number of hydrogen-bond donors (Lipinski definition) is 0. The first-order valence-corrected chi connectivity index (χ1v) is 11.0. The molecule has 0 atom stereocenters. The lowest BCUT2D eigenvalue weighted by Crippen LogP contribution is -2.48. The van der Waals surface area contributed by atoms with Gasteiger partial charge in [-0.3, -0.25) is 9.69 Å². The Hall–Kier alpha value is -1.41. The molecule has 2 heterocycles. The fourth-order valence-electron chi connectivity index (χ4n) is 2.90. The Kier molecular flexibility index (Phi) is 5.48. The molecule has 0 radical (unpaired) electrons. The number of carbonyl (C=O) groups is 1. The number of carbonyl (C=O) groups excluding carboxylic acids is 1. The van der Waals surface area contributed by atoms with Gasteiger partial charge in [0.2, 0.25) is 0 Å². The van der Waals surface area contributed by atoms with Crippen LogP contribution in [0.25, 0.3) is 0 Å². The van der Waals surface area contributed by atoms with E-state index < -0.39 is 9.84 Å². The summed E-state index contributed by atoms with van der Waals surface area (Å²) in [5, 5.41) is 0. The molecule has 0 spiro atoms. The molecule has 25 heavy (non-hydrogen) atoms. The number of halogens is 1. The number of nitrogens with zero attached hydrogens (tertiary/aromatic N) is 2. The van der Waals surface area contributed by atoms with Gasteiger partial charge in [0.1, 0.15) is 0 Å². The number of sulfone groups is 1. The zero-order chi connectivity index (χ0) is 18.0. The minimum atomic E-state index is -3.44. The average Bonchev–Trinajstić information content (AvgIpc) is 2.99. The standard InChI is InChI=1S/C17H19ClN2O3S2/c1-25(22,23)15-5-3-2-4-14(15)17(21)20-10-8-19(9-11-20)12-13-6-7-16(18)24-13/h2-7H,8-12H2,1H3. The van der Waals surface area contributed by atoms with E-state index >= 15 is 0 Å². The predicted molar refractivity (Wildman–Crippen MR) is 100 cm³/mol. The van der Waals surface area contributed by atoms with Crippen molar-refractivity contribution in [1.82, 2.24) is 9.80 Å². The normalized spacial score (nSPS) is 16.2. The predicted octanol–water partition coefficient (Wildman–Crippen LogP) is 2.76. The van der Waals surface area contributed by atoms with Crippen LogP contribution in [-0.2, 0) is 16.4 Å². The molecule has 8 heteroatoms. The summed E-state index contributed by atoms with van der Waals surface area (Å²) in [5.74, 6) is -0.222. The van der Waals surface area contributed by atoms with Gasteiger partial charge >= 0.3 is 0 Å². The summed E-state index contributed by atoms with van der Waals surface area (Å²) in [5.41, 5.74) is 0.253. The smallest absolute Gasteiger partial charge is 0.255 e. The molecule has 1 aromatic carbocycles. The van der Waals surface area contributed by atoms with Crippen LogP contribution in [0.15, 0.2) is 41.3 Å². The molecule has 5 nitrogen and oxygen atoms in total. The summed E-state index contributed by atoms with van der Waals surface area (Å²) in [6.07, 6.45) is 1.13. The summed E-state index contributed by atoms with van der Waals surface area (Å²) in [7, 11) is -3.44. The van der Waals surface area contributed by atoms with Crippen molar-refractivity contribution in [3.8, 4) is 0 Å². The van der Waals surface area contributed by atoms with Gasteiger partial charge in [0.25, 0.3) is 5.91 Å². The van der Waals surface area contributed by atoms with Crippen molar-refractivity contribution in [1.29, 1.82) is 0 Å². The number of benzene rings is 1. The third-order valence-electron chi connectivity index (χ3n) is 4.18. The van der Waals surface area contributed by atoms with E-state index in [0.717, 1.165) is 30.2 Å². The number of piperazine rings is 1. The van der Waals surface area contributed by atoms with Crippen molar-refractivity contribution in [3.05, 3.63) is 51.2 Å². The Balaban J connectivity index is 1.66. The lowest BCUT2D eigenvalue weighted by atomic mass is 10.2. The second-order valence-electron chi connectivity index (χ2n) is 6.04. The molecule has 1 aliphatic rings. The van der Waals surface area contributed by atoms with E-state index in [4.69, 9.17) is 11.6 Å². The van der Waals surface area contributed by atoms with Crippen LogP contribution >= 0.6 is 22.9 Å². The maximum atomic E-state index is 12.8. The molecule has 1 aromatic heterocycles. The molecule has 1 aliphatic heterocycles. The highest BCUT2D eigenvalue weighted by Gasteiger charge is 2.26. The van der Waals surface area contributed by atoms with Crippen LogP contribution in [0.5, 0.6) is 0 Å². The van der Waals surface area contributed by atoms with Crippen molar-refractivity contribution >= 4 is 38.7 Å². The zero-order valence-electron chi connectivity index (χ0n) is 13.8. The Bertz CT molecular complexity index is 872. The van der Waals surface area contributed by atoms with Crippen LogP contribution in [0, 0.1) is 0 Å². The molecule has 1 amide bonds. The summed E-state index contributed by atoms with van der Waals surface area (Å²) in [6.45, 7) is 3.48. The highest BCUT2D eigenvalue weighted by atomic mass is 35.5. The molecular weight excluding hydrogens is 380 g/mol. The van der Waals surface area contributed by atoms with Gasteiger partial charge in [0.05, 0.1) is 14.8 Å². The molecule has 134 valence electrons. The maximum Gasteiger partial charge on any atom is 0.255 e. The molecule has 0 aliphatic carbocycles. The van der Waals surface area contributed by atoms with Crippen LogP contribution in [0.1, 0.15) is 15.2 Å². The zero-order valence-corrected chi connectivity index (χ0v) is 16.2. The van der Waals surface area contributed by atoms with Crippen molar-refractivity contribution in [3.63, 3.8) is 0 Å². The Morgan fingerprint density at radius 1 is 1.12 bits per heavy atom. The second-order valence-corrected chi connectivity index (χ2v) is 9.83. The van der Waals surface area contributed by atoms with Gasteiger partial charge < -0.3 is 4.90 Å². The third-order valence-corrected chi connectivity index (χ3v) is 6.56. The molecule has 2 aromatic rings. The van der Waals surface area contributed by atoms with Crippen LogP contribution < -0.4 is 0 Å². The van der Waals surface area contributed by atoms with Crippen LogP contribution in [0.3, 0.4) is 0 Å². The van der Waals surface area contributed by atoms with E-state index in [2.05, 4.69) is 4.90 Å². The molecule has 0 N–H and O–H groups in total. The quantitative estimate of drug-likeness (QED) is 0.794. The summed E-state index contributed by atoms with van der Waals surface area (Å²) in [4.78, 5) is 18.1. The Morgan fingerprint density at radius 2 is 1.80 bits per heavy atom. The molecule has 0 saturated carbocycles. The first kappa shape index (κ1) is 18.4. The fourth-order valence-corrected chi connectivity index (χ4v) is 4.91. The van der Waals surface area contributed by atoms with E-state index in [1.807, 2.05) is 12.1 Å². The van der Waals surface area contributed by atoms with E-state index in [-0.39, 0.29) is 16.4 Å². The summed E-state index contributed by atoms with van der Waals surface area (Å²) >= 11 is 7.53. The highest BCUT2D eigenvalue weighted by Crippen LogP contribution is 2.23. The first-order valence-electron chi connectivity index (χ1n) is 7.89. The second kappa shape index (κ2) is 7.45. The van der Waals surface area contributed by atoms with Gasteiger partial charge in [0.15, 0.2) is 9.84 Å². The topological polar surface area (TPSA) is 57.7 Å². The first-order chi connectivity index (χ1) is 11.8. The van der Waals surface area contributed by atoms with E-state index in [1.54, 1.807) is 34.4 Å². The van der Waals surface area contributed by atoms with Gasteiger partial charge in [-0.25, -0.2) is 8.42 Å². The lowest BCUT2D eigenvalue weighted by Gasteiger charge is -2.34. The van der Waals surface area contributed by atoms with Gasteiger partial charge in [0, 0.05) is 43.9 Å². The maximum absolute atomic E-state index is 12.8. The molecule has 1 saturated heterocycles. The largest absolute Gasteiger partial charge is 0.336 e. The molecule has 0 bridgehead atoms.